The average Bonchev–Trinajstić information content (AvgIpc) is 2.68. The van der Waals surface area contributed by atoms with E-state index < -0.39 is 12.1 Å². The summed E-state index contributed by atoms with van der Waals surface area (Å²) in [7, 11) is 1.69. The number of rotatable bonds is 8. The van der Waals surface area contributed by atoms with Crippen molar-refractivity contribution in [2.24, 2.45) is 0 Å². The third kappa shape index (κ3) is 6.53. The van der Waals surface area contributed by atoms with Crippen molar-refractivity contribution >= 4 is 23.5 Å². The van der Waals surface area contributed by atoms with E-state index in [4.69, 9.17) is 11.6 Å². The lowest BCUT2D eigenvalue weighted by atomic mass is 10.1. The van der Waals surface area contributed by atoms with Crippen LogP contribution in [0.2, 0.25) is 5.02 Å². The molecular formula is C21H25ClFN3O2. The van der Waals surface area contributed by atoms with Crippen LogP contribution in [0.4, 0.5) is 9.18 Å². The lowest BCUT2D eigenvalue weighted by molar-refractivity contribution is -0.132. The molecule has 150 valence electrons. The number of hydrogen-bond acceptors (Lipinski definition) is 2. The van der Waals surface area contributed by atoms with E-state index in [1.807, 2.05) is 25.1 Å². The molecule has 5 nitrogen and oxygen atoms in total. The van der Waals surface area contributed by atoms with E-state index in [9.17, 15) is 14.0 Å². The van der Waals surface area contributed by atoms with E-state index >= 15 is 0 Å². The summed E-state index contributed by atoms with van der Waals surface area (Å²) in [4.78, 5) is 26.6. The lowest BCUT2D eigenvalue weighted by Gasteiger charge is -2.25. The summed E-state index contributed by atoms with van der Waals surface area (Å²) in [5, 5.41) is 6.02. The Bertz CT molecular complexity index is 798. The third-order valence-corrected chi connectivity index (χ3v) is 4.66. The molecule has 0 heterocycles. The molecule has 2 rings (SSSR count). The number of halogens is 2. The second-order valence-corrected chi connectivity index (χ2v) is 6.99. The molecular weight excluding hydrogens is 381 g/mol. The maximum absolute atomic E-state index is 12.9. The Hall–Kier alpha value is -2.60. The normalized spacial score (nSPS) is 11.6. The van der Waals surface area contributed by atoms with Crippen LogP contribution in [0.25, 0.3) is 0 Å². The highest BCUT2D eigenvalue weighted by atomic mass is 35.5. The quantitative estimate of drug-likeness (QED) is 0.694. The summed E-state index contributed by atoms with van der Waals surface area (Å²) >= 11 is 6.17. The molecule has 28 heavy (non-hydrogen) atoms. The molecule has 0 aromatic heterocycles. The van der Waals surface area contributed by atoms with Crippen LogP contribution in [0.15, 0.2) is 48.5 Å². The minimum absolute atomic E-state index is 0.182. The Balaban J connectivity index is 1.92. The second kappa shape index (κ2) is 10.7. The summed E-state index contributed by atoms with van der Waals surface area (Å²) in [5.41, 5.74) is 1.61. The topological polar surface area (TPSA) is 61.4 Å². The van der Waals surface area contributed by atoms with Gasteiger partial charge in [-0.1, -0.05) is 55.3 Å². The largest absolute Gasteiger partial charge is 0.340 e. The number of nitrogens with zero attached hydrogens (tertiary/aromatic N) is 1. The maximum Gasteiger partial charge on any atom is 0.315 e. The van der Waals surface area contributed by atoms with Crippen molar-refractivity contribution in [2.75, 3.05) is 7.05 Å². The Kier molecular flexibility index (Phi) is 8.26. The van der Waals surface area contributed by atoms with E-state index in [0.717, 1.165) is 17.5 Å². The Morgan fingerprint density at radius 2 is 1.82 bits per heavy atom. The first-order valence-electron chi connectivity index (χ1n) is 9.18. The number of carbonyl (C=O) groups excluding carboxylic acids is 2. The van der Waals surface area contributed by atoms with Gasteiger partial charge < -0.3 is 15.5 Å². The van der Waals surface area contributed by atoms with Crippen LogP contribution in [-0.2, 0) is 17.9 Å². The number of urea groups is 1. The molecule has 7 heteroatoms. The number of likely N-dealkylation sites (N-methyl/N-ethyl adjacent to an activating group) is 1. The zero-order valence-electron chi connectivity index (χ0n) is 16.0. The summed E-state index contributed by atoms with van der Waals surface area (Å²) in [5.74, 6) is -0.512. The van der Waals surface area contributed by atoms with Gasteiger partial charge in [-0.05, 0) is 35.7 Å². The van der Waals surface area contributed by atoms with Gasteiger partial charge in [0.1, 0.15) is 11.9 Å². The van der Waals surface area contributed by atoms with Crippen LogP contribution < -0.4 is 10.6 Å². The van der Waals surface area contributed by atoms with Crippen molar-refractivity contribution in [1.82, 2.24) is 15.5 Å². The van der Waals surface area contributed by atoms with Crippen molar-refractivity contribution in [1.29, 1.82) is 0 Å². The standard InChI is InChI=1S/C21H25ClFN3O2/c1-3-6-19(20(27)26(2)14-16-7-4-5-8-18(16)22)25-21(28)24-13-15-9-11-17(23)12-10-15/h4-5,7-12,19H,3,6,13-14H2,1-2H3,(H2,24,25,28). The Labute approximate surface area is 169 Å². The Morgan fingerprint density at radius 1 is 1.14 bits per heavy atom. The first kappa shape index (κ1) is 21.7. The van der Waals surface area contributed by atoms with E-state index in [1.165, 1.54) is 12.1 Å². The third-order valence-electron chi connectivity index (χ3n) is 4.29. The highest BCUT2D eigenvalue weighted by molar-refractivity contribution is 6.31. The summed E-state index contributed by atoms with van der Waals surface area (Å²) in [6.07, 6.45) is 1.27. The van der Waals surface area contributed by atoms with E-state index in [-0.39, 0.29) is 18.3 Å². The molecule has 0 saturated carbocycles. The highest BCUT2D eigenvalue weighted by Crippen LogP contribution is 2.17. The molecule has 0 aliphatic heterocycles. The van der Waals surface area contributed by atoms with E-state index in [1.54, 1.807) is 30.1 Å². The van der Waals surface area contributed by atoms with Gasteiger partial charge in [0, 0.05) is 25.2 Å². The molecule has 0 fully saturated rings. The van der Waals surface area contributed by atoms with Gasteiger partial charge in [0.2, 0.25) is 5.91 Å². The molecule has 0 aliphatic carbocycles. The average molecular weight is 406 g/mol. The SMILES string of the molecule is CCCC(NC(=O)NCc1ccc(F)cc1)C(=O)N(C)Cc1ccccc1Cl. The fourth-order valence-corrected chi connectivity index (χ4v) is 2.96. The van der Waals surface area contributed by atoms with Crippen LogP contribution in [0.1, 0.15) is 30.9 Å². The van der Waals surface area contributed by atoms with Crippen molar-refractivity contribution in [3.05, 3.63) is 70.5 Å². The van der Waals surface area contributed by atoms with Crippen molar-refractivity contribution in [2.45, 2.75) is 38.9 Å². The minimum Gasteiger partial charge on any atom is -0.340 e. The van der Waals surface area contributed by atoms with Crippen LogP contribution in [0.5, 0.6) is 0 Å². The van der Waals surface area contributed by atoms with Crippen LogP contribution in [0.3, 0.4) is 0 Å². The molecule has 0 bridgehead atoms. The number of amides is 3. The monoisotopic (exact) mass is 405 g/mol. The summed E-state index contributed by atoms with van der Waals surface area (Å²) in [6, 6.07) is 12.1. The van der Waals surface area contributed by atoms with E-state index in [0.29, 0.717) is 18.0 Å². The predicted molar refractivity (Wildman–Crippen MR) is 108 cm³/mol. The maximum atomic E-state index is 12.9. The molecule has 0 saturated heterocycles. The second-order valence-electron chi connectivity index (χ2n) is 6.58. The first-order chi connectivity index (χ1) is 13.4. The first-order valence-corrected chi connectivity index (χ1v) is 9.55. The summed E-state index contributed by atoms with van der Waals surface area (Å²) in [6.45, 7) is 2.55. The van der Waals surface area contributed by atoms with Crippen molar-refractivity contribution in [3.8, 4) is 0 Å². The predicted octanol–water partition coefficient (Wildman–Crippen LogP) is 4.11. The molecule has 0 radical (unpaired) electrons. The molecule has 0 aliphatic rings. The zero-order valence-corrected chi connectivity index (χ0v) is 16.8. The van der Waals surface area contributed by atoms with Crippen LogP contribution >= 0.6 is 11.6 Å². The molecule has 2 aromatic carbocycles. The number of hydrogen-bond donors (Lipinski definition) is 2. The summed E-state index contributed by atoms with van der Waals surface area (Å²) < 4.78 is 12.9. The number of benzene rings is 2. The van der Waals surface area contributed by atoms with Gasteiger partial charge in [-0.25, -0.2) is 9.18 Å². The van der Waals surface area contributed by atoms with Gasteiger partial charge in [-0.2, -0.15) is 0 Å². The van der Waals surface area contributed by atoms with Crippen molar-refractivity contribution in [3.63, 3.8) is 0 Å². The van der Waals surface area contributed by atoms with Crippen molar-refractivity contribution < 1.29 is 14.0 Å². The van der Waals surface area contributed by atoms with Gasteiger partial charge in [0.15, 0.2) is 0 Å². The number of nitrogens with one attached hydrogen (secondary N) is 2. The van der Waals surface area contributed by atoms with Gasteiger partial charge in [-0.15, -0.1) is 0 Å². The highest BCUT2D eigenvalue weighted by Gasteiger charge is 2.23. The molecule has 3 amide bonds. The molecule has 1 unspecified atom stereocenters. The lowest BCUT2D eigenvalue weighted by Crippen LogP contribution is -2.50. The van der Waals surface area contributed by atoms with Crippen LogP contribution in [-0.4, -0.2) is 29.9 Å². The smallest absolute Gasteiger partial charge is 0.315 e. The van der Waals surface area contributed by atoms with Crippen LogP contribution in [0, 0.1) is 5.82 Å². The molecule has 2 N–H and O–H groups in total. The molecule has 0 spiro atoms. The molecule has 1 atom stereocenters. The van der Waals surface area contributed by atoms with Gasteiger partial charge in [0.05, 0.1) is 0 Å². The fourth-order valence-electron chi connectivity index (χ4n) is 2.77. The number of carbonyl (C=O) groups is 2. The van der Waals surface area contributed by atoms with Gasteiger partial charge in [-0.3, -0.25) is 4.79 Å². The zero-order chi connectivity index (χ0) is 20.5. The Morgan fingerprint density at radius 3 is 2.46 bits per heavy atom. The molecule has 2 aromatic rings. The van der Waals surface area contributed by atoms with E-state index in [2.05, 4.69) is 10.6 Å². The minimum atomic E-state index is -0.634. The van der Waals surface area contributed by atoms with Gasteiger partial charge >= 0.3 is 6.03 Å². The van der Waals surface area contributed by atoms with Gasteiger partial charge in [0.25, 0.3) is 0 Å². The fraction of sp³-hybridized carbons (Fsp3) is 0.333.